The number of hydrogen-bond acceptors (Lipinski definition) is 2. The van der Waals surface area contributed by atoms with Gasteiger partial charge in [0.05, 0.1) is 0 Å². The number of rotatable bonds is 4. The first kappa shape index (κ1) is 12.8. The van der Waals surface area contributed by atoms with Crippen LogP contribution in [0.4, 0.5) is 0 Å². The van der Waals surface area contributed by atoms with E-state index in [0.717, 1.165) is 13.1 Å². The van der Waals surface area contributed by atoms with Gasteiger partial charge in [-0.1, -0.05) is 28.1 Å². The van der Waals surface area contributed by atoms with Gasteiger partial charge >= 0.3 is 0 Å². The van der Waals surface area contributed by atoms with Crippen LogP contribution >= 0.6 is 27.3 Å². The summed E-state index contributed by atoms with van der Waals surface area (Å²) in [5, 5.41) is 5.63. The van der Waals surface area contributed by atoms with E-state index < -0.39 is 0 Å². The smallest absolute Gasteiger partial charge is 0.0305 e. The third-order valence-corrected chi connectivity index (χ3v) is 4.70. The minimum atomic E-state index is 0.913. The van der Waals surface area contributed by atoms with Crippen LogP contribution in [0.15, 0.2) is 34.1 Å². The summed E-state index contributed by atoms with van der Waals surface area (Å²) in [5.41, 5.74) is 3.98. The fourth-order valence-corrected chi connectivity index (χ4v) is 2.95. The Morgan fingerprint density at radius 2 is 1.94 bits per heavy atom. The summed E-state index contributed by atoms with van der Waals surface area (Å²) in [6.45, 7) is 6.14. The quantitative estimate of drug-likeness (QED) is 0.881. The molecule has 1 heterocycles. The van der Waals surface area contributed by atoms with Gasteiger partial charge in [0, 0.05) is 22.4 Å². The molecular weight excluding hydrogens is 294 g/mol. The van der Waals surface area contributed by atoms with Crippen molar-refractivity contribution in [3.8, 4) is 0 Å². The lowest BCUT2D eigenvalue weighted by Crippen LogP contribution is -2.12. The predicted octanol–water partition coefficient (Wildman–Crippen LogP) is 4.42. The highest BCUT2D eigenvalue weighted by Gasteiger charge is 2.00. The second-order valence-corrected chi connectivity index (χ2v) is 6.07. The minimum absolute atomic E-state index is 0.913. The van der Waals surface area contributed by atoms with Gasteiger partial charge in [0.25, 0.3) is 0 Å². The molecule has 0 unspecified atom stereocenters. The number of thiophene rings is 1. The lowest BCUT2D eigenvalue weighted by molar-refractivity contribution is 0.698. The lowest BCUT2D eigenvalue weighted by Gasteiger charge is -2.06. The molecule has 1 aromatic carbocycles. The van der Waals surface area contributed by atoms with Crippen molar-refractivity contribution in [1.82, 2.24) is 5.32 Å². The van der Waals surface area contributed by atoms with Gasteiger partial charge in [-0.3, -0.25) is 0 Å². The van der Waals surface area contributed by atoms with E-state index >= 15 is 0 Å². The largest absolute Gasteiger partial charge is 0.308 e. The van der Waals surface area contributed by atoms with Gasteiger partial charge in [0.1, 0.15) is 0 Å². The summed E-state index contributed by atoms with van der Waals surface area (Å²) in [4.78, 5) is 1.43. The molecule has 1 N–H and O–H groups in total. The van der Waals surface area contributed by atoms with Gasteiger partial charge in [0.2, 0.25) is 0 Å². The van der Waals surface area contributed by atoms with Crippen molar-refractivity contribution in [3.05, 3.63) is 55.7 Å². The van der Waals surface area contributed by atoms with E-state index in [-0.39, 0.29) is 0 Å². The molecule has 1 aromatic heterocycles. The molecule has 0 aliphatic rings. The SMILES string of the molecule is Cc1ccc(CNCc2sccc2C)cc1Br. The van der Waals surface area contributed by atoms with Crippen LogP contribution < -0.4 is 5.32 Å². The Kier molecular flexibility index (Phi) is 4.37. The molecule has 0 amide bonds. The van der Waals surface area contributed by atoms with Crippen LogP contribution in [0.2, 0.25) is 0 Å². The average Bonchev–Trinajstić information content (AvgIpc) is 2.70. The Labute approximate surface area is 115 Å². The molecule has 2 aromatic rings. The minimum Gasteiger partial charge on any atom is -0.308 e. The van der Waals surface area contributed by atoms with E-state index in [1.807, 2.05) is 11.3 Å². The molecule has 0 bridgehead atoms. The normalized spacial score (nSPS) is 10.8. The molecule has 2 rings (SSSR count). The monoisotopic (exact) mass is 309 g/mol. The van der Waals surface area contributed by atoms with Crippen LogP contribution in [0.3, 0.4) is 0 Å². The highest BCUT2D eigenvalue weighted by atomic mass is 79.9. The molecule has 90 valence electrons. The van der Waals surface area contributed by atoms with Gasteiger partial charge in [-0.15, -0.1) is 11.3 Å². The van der Waals surface area contributed by atoms with Gasteiger partial charge in [-0.25, -0.2) is 0 Å². The first-order valence-electron chi connectivity index (χ1n) is 5.65. The predicted molar refractivity (Wildman–Crippen MR) is 78.5 cm³/mol. The second-order valence-electron chi connectivity index (χ2n) is 4.21. The third-order valence-electron chi connectivity index (χ3n) is 2.82. The zero-order valence-electron chi connectivity index (χ0n) is 10.1. The Morgan fingerprint density at radius 3 is 2.59 bits per heavy atom. The van der Waals surface area contributed by atoms with Crippen LogP contribution in [-0.2, 0) is 13.1 Å². The van der Waals surface area contributed by atoms with Crippen molar-refractivity contribution in [2.24, 2.45) is 0 Å². The molecule has 17 heavy (non-hydrogen) atoms. The van der Waals surface area contributed by atoms with Crippen LogP contribution in [0.25, 0.3) is 0 Å². The van der Waals surface area contributed by atoms with E-state index in [2.05, 4.69) is 64.7 Å². The van der Waals surface area contributed by atoms with E-state index in [9.17, 15) is 0 Å². The molecule has 0 fully saturated rings. The van der Waals surface area contributed by atoms with E-state index in [1.165, 1.54) is 26.0 Å². The fourth-order valence-electron chi connectivity index (χ4n) is 1.65. The number of halogens is 1. The van der Waals surface area contributed by atoms with Gasteiger partial charge < -0.3 is 5.32 Å². The average molecular weight is 310 g/mol. The van der Waals surface area contributed by atoms with Crippen molar-refractivity contribution in [2.75, 3.05) is 0 Å². The Morgan fingerprint density at radius 1 is 1.12 bits per heavy atom. The zero-order chi connectivity index (χ0) is 12.3. The molecule has 0 aliphatic carbocycles. The number of hydrogen-bond donors (Lipinski definition) is 1. The first-order chi connectivity index (χ1) is 8.16. The highest BCUT2D eigenvalue weighted by Crippen LogP contribution is 2.18. The first-order valence-corrected chi connectivity index (χ1v) is 7.33. The van der Waals surface area contributed by atoms with Crippen molar-refractivity contribution in [3.63, 3.8) is 0 Å². The number of aryl methyl sites for hydroxylation is 2. The van der Waals surface area contributed by atoms with Crippen molar-refractivity contribution >= 4 is 27.3 Å². The van der Waals surface area contributed by atoms with E-state index in [1.54, 1.807) is 0 Å². The van der Waals surface area contributed by atoms with Crippen LogP contribution in [-0.4, -0.2) is 0 Å². The Balaban J connectivity index is 1.90. The van der Waals surface area contributed by atoms with Gasteiger partial charge in [-0.05, 0) is 48.1 Å². The Hall–Kier alpha value is -0.640. The molecule has 0 aliphatic heterocycles. The third kappa shape index (κ3) is 3.41. The zero-order valence-corrected chi connectivity index (χ0v) is 12.5. The van der Waals surface area contributed by atoms with Gasteiger partial charge in [0.15, 0.2) is 0 Å². The standard InChI is InChI=1S/C14H16BrNS/c1-10-3-4-12(7-13(10)15)8-16-9-14-11(2)5-6-17-14/h3-7,16H,8-9H2,1-2H3. The molecule has 0 atom stereocenters. The van der Waals surface area contributed by atoms with Crippen molar-refractivity contribution in [2.45, 2.75) is 26.9 Å². The van der Waals surface area contributed by atoms with Crippen LogP contribution in [0.5, 0.6) is 0 Å². The molecule has 3 heteroatoms. The van der Waals surface area contributed by atoms with Crippen molar-refractivity contribution in [1.29, 1.82) is 0 Å². The summed E-state index contributed by atoms with van der Waals surface area (Å²) in [5.74, 6) is 0. The van der Waals surface area contributed by atoms with Gasteiger partial charge in [-0.2, -0.15) is 0 Å². The molecule has 0 saturated heterocycles. The molecule has 0 saturated carbocycles. The summed E-state index contributed by atoms with van der Waals surface area (Å²) in [6.07, 6.45) is 0. The fraction of sp³-hybridized carbons (Fsp3) is 0.286. The van der Waals surface area contributed by atoms with E-state index in [4.69, 9.17) is 0 Å². The van der Waals surface area contributed by atoms with E-state index in [0.29, 0.717) is 0 Å². The molecular formula is C14H16BrNS. The molecule has 0 spiro atoms. The Bertz CT molecular complexity index is 505. The molecule has 0 radical (unpaired) electrons. The van der Waals surface area contributed by atoms with Crippen LogP contribution in [0, 0.1) is 13.8 Å². The maximum atomic E-state index is 3.56. The summed E-state index contributed by atoms with van der Waals surface area (Å²) < 4.78 is 1.18. The van der Waals surface area contributed by atoms with Crippen LogP contribution in [0.1, 0.15) is 21.6 Å². The highest BCUT2D eigenvalue weighted by molar-refractivity contribution is 9.10. The summed E-state index contributed by atoms with van der Waals surface area (Å²) in [6, 6.07) is 8.68. The number of benzene rings is 1. The second kappa shape index (κ2) is 5.80. The lowest BCUT2D eigenvalue weighted by atomic mass is 10.1. The van der Waals surface area contributed by atoms with Crippen molar-refractivity contribution < 1.29 is 0 Å². The summed E-state index contributed by atoms with van der Waals surface area (Å²) in [7, 11) is 0. The summed E-state index contributed by atoms with van der Waals surface area (Å²) >= 11 is 5.38. The maximum Gasteiger partial charge on any atom is 0.0305 e. The number of nitrogens with one attached hydrogen (secondary N) is 1. The maximum absolute atomic E-state index is 3.56. The topological polar surface area (TPSA) is 12.0 Å². The molecule has 1 nitrogen and oxygen atoms in total.